The molecule has 0 bridgehead atoms. The van der Waals surface area contributed by atoms with Crippen molar-refractivity contribution < 1.29 is 4.79 Å². The molecular weight excluding hydrogens is 136 g/mol. The molecule has 0 atom stereocenters. The first-order valence-corrected chi connectivity index (χ1v) is 3.85. The Morgan fingerprint density at radius 2 is 2.27 bits per heavy atom. The van der Waals surface area contributed by atoms with E-state index in [9.17, 15) is 4.79 Å². The molecule has 11 heavy (non-hydrogen) atoms. The molecular formula is C10H12O. The zero-order chi connectivity index (χ0) is 8.10. The molecule has 58 valence electrons. The summed E-state index contributed by atoms with van der Waals surface area (Å²) in [7, 11) is 0. The first-order chi connectivity index (χ1) is 5.33. The number of rotatable bonds is 2. The highest BCUT2D eigenvalue weighted by molar-refractivity contribution is 5.91. The van der Waals surface area contributed by atoms with E-state index in [1.165, 1.54) is 0 Å². The van der Waals surface area contributed by atoms with Crippen molar-refractivity contribution in [2.75, 3.05) is 0 Å². The van der Waals surface area contributed by atoms with Crippen molar-refractivity contribution in [1.82, 2.24) is 0 Å². The molecule has 0 saturated heterocycles. The third-order valence-electron chi connectivity index (χ3n) is 1.68. The third-order valence-corrected chi connectivity index (χ3v) is 1.68. The van der Waals surface area contributed by atoms with Crippen LogP contribution in [0, 0.1) is 0 Å². The van der Waals surface area contributed by atoms with E-state index in [0.29, 0.717) is 6.42 Å². The number of allylic oxidation sites excluding steroid dienone is 5. The predicted octanol–water partition coefficient (Wildman–Crippen LogP) is 2.41. The van der Waals surface area contributed by atoms with Crippen LogP contribution in [0.2, 0.25) is 0 Å². The number of hydrogen-bond donors (Lipinski definition) is 0. The first kappa shape index (κ1) is 7.99. The van der Waals surface area contributed by atoms with E-state index >= 15 is 0 Å². The van der Waals surface area contributed by atoms with Crippen molar-refractivity contribution in [3.8, 4) is 0 Å². The van der Waals surface area contributed by atoms with Gasteiger partial charge in [0.1, 0.15) is 0 Å². The summed E-state index contributed by atoms with van der Waals surface area (Å²) in [6.45, 7) is 3.57. The molecule has 0 unspecified atom stereocenters. The van der Waals surface area contributed by atoms with Gasteiger partial charge in [0, 0.05) is 6.42 Å². The van der Waals surface area contributed by atoms with E-state index in [-0.39, 0.29) is 5.78 Å². The van der Waals surface area contributed by atoms with Crippen LogP contribution in [0.5, 0.6) is 0 Å². The first-order valence-electron chi connectivity index (χ1n) is 3.85. The summed E-state index contributed by atoms with van der Waals surface area (Å²) in [6, 6.07) is 0. The van der Waals surface area contributed by atoms with Gasteiger partial charge in [-0.15, -0.1) is 0 Å². The Morgan fingerprint density at radius 1 is 1.45 bits per heavy atom. The summed E-state index contributed by atoms with van der Waals surface area (Å²) in [5, 5.41) is 0. The highest BCUT2D eigenvalue weighted by atomic mass is 16.1. The van der Waals surface area contributed by atoms with Crippen LogP contribution in [0.4, 0.5) is 0 Å². The average molecular weight is 148 g/mol. The minimum atomic E-state index is 0.250. The Bertz CT molecular complexity index is 221. The van der Waals surface area contributed by atoms with Gasteiger partial charge in [0.15, 0.2) is 5.78 Å². The molecule has 0 N–H and O–H groups in total. The van der Waals surface area contributed by atoms with Gasteiger partial charge in [-0.05, 0) is 24.5 Å². The summed E-state index contributed by atoms with van der Waals surface area (Å²) in [4.78, 5) is 10.9. The summed E-state index contributed by atoms with van der Waals surface area (Å²) in [6.07, 6.45) is 9.99. The number of ketones is 1. The molecule has 0 spiro atoms. The maximum absolute atomic E-state index is 10.9. The lowest BCUT2D eigenvalue weighted by Crippen LogP contribution is -2.00. The van der Waals surface area contributed by atoms with Crippen molar-refractivity contribution in [3.63, 3.8) is 0 Å². The van der Waals surface area contributed by atoms with Gasteiger partial charge in [0.2, 0.25) is 0 Å². The number of hydrogen-bond acceptors (Lipinski definition) is 1. The van der Waals surface area contributed by atoms with Gasteiger partial charge in [-0.1, -0.05) is 24.8 Å². The molecule has 0 aliphatic heterocycles. The molecule has 1 heteroatoms. The third kappa shape index (κ3) is 2.54. The Balaban J connectivity index is 2.63. The molecule has 0 saturated carbocycles. The van der Waals surface area contributed by atoms with E-state index in [2.05, 4.69) is 6.58 Å². The summed E-state index contributed by atoms with van der Waals surface area (Å²) in [5.41, 5.74) is 1.13. The van der Waals surface area contributed by atoms with Crippen molar-refractivity contribution in [2.24, 2.45) is 0 Å². The van der Waals surface area contributed by atoms with Crippen LogP contribution >= 0.6 is 0 Å². The Morgan fingerprint density at radius 3 is 2.91 bits per heavy atom. The van der Waals surface area contributed by atoms with Crippen LogP contribution in [0.15, 0.2) is 36.5 Å². The largest absolute Gasteiger partial charge is 0.295 e. The van der Waals surface area contributed by atoms with Crippen molar-refractivity contribution in [3.05, 3.63) is 36.5 Å². The highest BCUT2D eigenvalue weighted by Crippen LogP contribution is 2.15. The second-order valence-electron chi connectivity index (χ2n) is 2.63. The lowest BCUT2D eigenvalue weighted by atomic mass is 9.98. The smallest absolute Gasteiger partial charge is 0.155 e. The fourth-order valence-corrected chi connectivity index (χ4v) is 1.14. The monoisotopic (exact) mass is 148 g/mol. The Kier molecular flexibility index (Phi) is 2.84. The van der Waals surface area contributed by atoms with Crippen LogP contribution in [0.25, 0.3) is 0 Å². The van der Waals surface area contributed by atoms with Gasteiger partial charge in [-0.25, -0.2) is 0 Å². The van der Waals surface area contributed by atoms with Gasteiger partial charge in [-0.2, -0.15) is 0 Å². The zero-order valence-corrected chi connectivity index (χ0v) is 6.55. The van der Waals surface area contributed by atoms with Crippen molar-refractivity contribution in [2.45, 2.75) is 19.3 Å². The quantitative estimate of drug-likeness (QED) is 0.549. The van der Waals surface area contributed by atoms with Crippen LogP contribution in [-0.4, -0.2) is 5.78 Å². The predicted molar refractivity (Wildman–Crippen MR) is 46.3 cm³/mol. The van der Waals surface area contributed by atoms with Gasteiger partial charge in [0.05, 0.1) is 0 Å². The van der Waals surface area contributed by atoms with Crippen LogP contribution in [0.1, 0.15) is 19.3 Å². The Labute approximate surface area is 67.1 Å². The molecule has 0 aromatic rings. The second kappa shape index (κ2) is 3.91. The molecule has 0 radical (unpaired) electrons. The van der Waals surface area contributed by atoms with Gasteiger partial charge in [0.25, 0.3) is 0 Å². The standard InChI is InChI=1S/C10H12O/c1-2-3-5-9-6-4-7-10(11)8-9/h2-3,5,8H,1,4,6-7H2. The molecule has 0 heterocycles. The normalized spacial score (nSPS) is 18.5. The number of carbonyl (C=O) groups excluding carboxylic acids is 1. The van der Waals surface area contributed by atoms with E-state index in [1.54, 1.807) is 12.2 Å². The lowest BCUT2D eigenvalue weighted by molar-refractivity contribution is -0.115. The average Bonchev–Trinajstić information content (AvgIpc) is 2.01. The van der Waals surface area contributed by atoms with E-state index < -0.39 is 0 Å². The minimum Gasteiger partial charge on any atom is -0.295 e. The molecule has 0 fully saturated rings. The molecule has 1 rings (SSSR count). The molecule has 1 nitrogen and oxygen atoms in total. The summed E-state index contributed by atoms with van der Waals surface area (Å²) < 4.78 is 0. The molecule has 0 amide bonds. The number of carbonyl (C=O) groups is 1. The summed E-state index contributed by atoms with van der Waals surface area (Å²) >= 11 is 0. The SMILES string of the molecule is C=CC=CC1=CC(=O)CCC1. The van der Waals surface area contributed by atoms with Gasteiger partial charge < -0.3 is 0 Å². The van der Waals surface area contributed by atoms with Gasteiger partial charge in [-0.3, -0.25) is 4.79 Å². The van der Waals surface area contributed by atoms with Crippen molar-refractivity contribution in [1.29, 1.82) is 0 Å². The molecule has 1 aliphatic carbocycles. The molecule has 1 aliphatic rings. The maximum atomic E-state index is 10.9. The fourth-order valence-electron chi connectivity index (χ4n) is 1.14. The minimum absolute atomic E-state index is 0.250. The van der Waals surface area contributed by atoms with Crippen LogP contribution < -0.4 is 0 Å². The topological polar surface area (TPSA) is 17.1 Å². The van der Waals surface area contributed by atoms with Gasteiger partial charge >= 0.3 is 0 Å². The van der Waals surface area contributed by atoms with E-state index in [1.807, 2.05) is 12.2 Å². The molecule has 0 aromatic heterocycles. The fraction of sp³-hybridized carbons (Fsp3) is 0.300. The second-order valence-corrected chi connectivity index (χ2v) is 2.63. The maximum Gasteiger partial charge on any atom is 0.155 e. The summed E-state index contributed by atoms with van der Waals surface area (Å²) in [5.74, 6) is 0.250. The van der Waals surface area contributed by atoms with Crippen LogP contribution in [0.3, 0.4) is 0 Å². The lowest BCUT2D eigenvalue weighted by Gasteiger charge is -2.06. The Hall–Kier alpha value is -1.11. The molecule has 0 aromatic carbocycles. The van der Waals surface area contributed by atoms with Crippen LogP contribution in [-0.2, 0) is 4.79 Å². The van der Waals surface area contributed by atoms with Crippen molar-refractivity contribution >= 4 is 5.78 Å². The highest BCUT2D eigenvalue weighted by Gasteiger charge is 2.06. The zero-order valence-electron chi connectivity index (χ0n) is 6.55. The van der Waals surface area contributed by atoms with E-state index in [0.717, 1.165) is 18.4 Å². The van der Waals surface area contributed by atoms with E-state index in [4.69, 9.17) is 0 Å².